The molecule has 2 heterocycles. The van der Waals surface area contributed by atoms with E-state index in [1.807, 2.05) is 29.7 Å². The minimum Gasteiger partial charge on any atom is -0.501 e. The number of thiazole rings is 1. The van der Waals surface area contributed by atoms with Crippen molar-refractivity contribution >= 4 is 22.2 Å². The SMILES string of the molecule is COC1=C/CN=C(c2csc(NC(C)C)n2)/C=C(/OC)C/C=C\1. The number of anilines is 1. The number of methoxy groups -OCH3 is 2. The van der Waals surface area contributed by atoms with Gasteiger partial charge in [0.05, 0.1) is 26.5 Å². The first-order valence-corrected chi connectivity index (χ1v) is 8.42. The molecular weight excluding hydrogens is 310 g/mol. The molecule has 0 fully saturated rings. The summed E-state index contributed by atoms with van der Waals surface area (Å²) in [5.41, 5.74) is 1.67. The van der Waals surface area contributed by atoms with Crippen LogP contribution in [0.3, 0.4) is 0 Å². The number of aliphatic imine (C=N–C) groups is 1. The fraction of sp³-hybridized carbons (Fsp3) is 0.412. The van der Waals surface area contributed by atoms with Gasteiger partial charge in [0.1, 0.15) is 17.2 Å². The Morgan fingerprint density at radius 2 is 2.09 bits per heavy atom. The van der Waals surface area contributed by atoms with E-state index in [1.54, 1.807) is 25.6 Å². The maximum Gasteiger partial charge on any atom is 0.183 e. The minimum atomic E-state index is 0.349. The summed E-state index contributed by atoms with van der Waals surface area (Å²) in [5.74, 6) is 1.63. The molecular formula is C17H23N3O2S. The highest BCUT2D eigenvalue weighted by Gasteiger charge is 2.10. The predicted molar refractivity (Wildman–Crippen MR) is 96.2 cm³/mol. The van der Waals surface area contributed by atoms with E-state index in [4.69, 9.17) is 9.47 Å². The standard InChI is InChI=1S/C17H23N3O2S/c1-12(2)19-17-20-16(11-23-17)15-10-14(22-4)7-5-6-13(21-3)8-9-18-15/h5-6,8,10-12H,7,9H2,1-4H3,(H,19,20)/b6-5-,13-8+,14-10+,18-15?. The average Bonchev–Trinajstić information content (AvgIpc) is 2.98. The van der Waals surface area contributed by atoms with Crippen molar-refractivity contribution in [3.05, 3.63) is 46.9 Å². The Labute approximate surface area is 141 Å². The number of nitrogens with zero attached hydrogens (tertiary/aromatic N) is 2. The molecule has 0 saturated heterocycles. The second kappa shape index (κ2) is 8.53. The fourth-order valence-electron chi connectivity index (χ4n) is 2.00. The summed E-state index contributed by atoms with van der Waals surface area (Å²) in [6, 6.07) is 0.349. The van der Waals surface area contributed by atoms with Crippen LogP contribution in [-0.4, -0.2) is 37.5 Å². The second-order valence-electron chi connectivity index (χ2n) is 5.29. The summed E-state index contributed by atoms with van der Waals surface area (Å²) in [6.07, 6.45) is 8.52. The van der Waals surface area contributed by atoms with Gasteiger partial charge in [0.2, 0.25) is 0 Å². The van der Waals surface area contributed by atoms with Crippen molar-refractivity contribution in [3.63, 3.8) is 0 Å². The smallest absolute Gasteiger partial charge is 0.183 e. The summed E-state index contributed by atoms with van der Waals surface area (Å²) in [4.78, 5) is 9.25. The number of rotatable bonds is 5. The van der Waals surface area contributed by atoms with Crippen LogP contribution in [0.2, 0.25) is 0 Å². The number of aromatic nitrogens is 1. The quantitative estimate of drug-likeness (QED) is 0.891. The third-order valence-corrected chi connectivity index (χ3v) is 3.90. The largest absolute Gasteiger partial charge is 0.501 e. The van der Waals surface area contributed by atoms with Gasteiger partial charge in [-0.1, -0.05) is 6.08 Å². The first-order chi connectivity index (χ1) is 11.1. The van der Waals surface area contributed by atoms with Crippen molar-refractivity contribution in [3.8, 4) is 0 Å². The minimum absolute atomic E-state index is 0.349. The third kappa shape index (κ3) is 5.25. The number of hydrogen-bond donors (Lipinski definition) is 1. The molecule has 1 N–H and O–H groups in total. The van der Waals surface area contributed by atoms with E-state index in [9.17, 15) is 0 Å². The summed E-state index contributed by atoms with van der Waals surface area (Å²) in [7, 11) is 3.33. The Hall–Kier alpha value is -2.08. The van der Waals surface area contributed by atoms with Crippen molar-refractivity contribution in [2.24, 2.45) is 4.99 Å². The van der Waals surface area contributed by atoms with Gasteiger partial charge in [-0.05, 0) is 26.0 Å². The van der Waals surface area contributed by atoms with Crippen LogP contribution >= 0.6 is 11.3 Å². The maximum absolute atomic E-state index is 5.44. The Bertz CT molecular complexity index is 642. The monoisotopic (exact) mass is 333 g/mol. The van der Waals surface area contributed by atoms with Crippen LogP contribution in [0.4, 0.5) is 5.13 Å². The van der Waals surface area contributed by atoms with Gasteiger partial charge < -0.3 is 14.8 Å². The lowest BCUT2D eigenvalue weighted by atomic mass is 10.2. The molecule has 23 heavy (non-hydrogen) atoms. The normalized spacial score (nSPS) is 21.5. The summed E-state index contributed by atoms with van der Waals surface area (Å²) < 4.78 is 10.7. The van der Waals surface area contributed by atoms with Gasteiger partial charge in [-0.2, -0.15) is 0 Å². The van der Waals surface area contributed by atoms with Gasteiger partial charge in [0.15, 0.2) is 5.13 Å². The molecule has 0 unspecified atom stereocenters. The van der Waals surface area contributed by atoms with Crippen molar-refractivity contribution < 1.29 is 9.47 Å². The average molecular weight is 333 g/mol. The molecule has 0 radical (unpaired) electrons. The van der Waals surface area contributed by atoms with E-state index in [2.05, 4.69) is 29.1 Å². The number of ether oxygens (including phenoxy) is 2. The molecule has 5 nitrogen and oxygen atoms in total. The topological polar surface area (TPSA) is 55.7 Å². The number of nitrogens with one attached hydrogen (secondary N) is 1. The van der Waals surface area contributed by atoms with Gasteiger partial charge in [-0.25, -0.2) is 4.98 Å². The van der Waals surface area contributed by atoms with Crippen LogP contribution in [0, 0.1) is 0 Å². The zero-order chi connectivity index (χ0) is 16.7. The van der Waals surface area contributed by atoms with E-state index < -0.39 is 0 Å². The van der Waals surface area contributed by atoms with E-state index in [1.165, 1.54) is 0 Å². The molecule has 1 aliphatic heterocycles. The second-order valence-corrected chi connectivity index (χ2v) is 6.15. The zero-order valence-corrected chi connectivity index (χ0v) is 14.8. The van der Waals surface area contributed by atoms with Crippen LogP contribution in [0.5, 0.6) is 0 Å². The fourth-order valence-corrected chi connectivity index (χ4v) is 2.86. The van der Waals surface area contributed by atoms with Crippen molar-refractivity contribution in [2.75, 3.05) is 26.1 Å². The molecule has 1 aromatic heterocycles. The van der Waals surface area contributed by atoms with Crippen molar-refractivity contribution in [2.45, 2.75) is 26.3 Å². The van der Waals surface area contributed by atoms with Crippen LogP contribution in [0.25, 0.3) is 0 Å². The highest BCUT2D eigenvalue weighted by Crippen LogP contribution is 2.19. The Morgan fingerprint density at radius 3 is 2.78 bits per heavy atom. The first kappa shape index (κ1) is 17.3. The lowest BCUT2D eigenvalue weighted by Gasteiger charge is -2.07. The van der Waals surface area contributed by atoms with Crippen LogP contribution in [-0.2, 0) is 9.47 Å². The van der Waals surface area contributed by atoms with E-state index in [-0.39, 0.29) is 0 Å². The van der Waals surface area contributed by atoms with Crippen molar-refractivity contribution in [1.82, 2.24) is 4.98 Å². The molecule has 0 bridgehead atoms. The predicted octanol–water partition coefficient (Wildman–Crippen LogP) is 3.77. The summed E-state index contributed by atoms with van der Waals surface area (Å²) in [5, 5.41) is 6.22. The highest BCUT2D eigenvalue weighted by atomic mass is 32.1. The van der Waals surface area contributed by atoms with Gasteiger partial charge in [0, 0.05) is 23.9 Å². The highest BCUT2D eigenvalue weighted by molar-refractivity contribution is 7.13. The van der Waals surface area contributed by atoms with Gasteiger partial charge in [-0.15, -0.1) is 11.3 Å². The first-order valence-electron chi connectivity index (χ1n) is 7.54. The van der Waals surface area contributed by atoms with Crippen molar-refractivity contribution in [1.29, 1.82) is 0 Å². The van der Waals surface area contributed by atoms with Crippen LogP contribution in [0.1, 0.15) is 26.0 Å². The molecule has 0 amide bonds. The third-order valence-electron chi connectivity index (χ3n) is 3.13. The lowest BCUT2D eigenvalue weighted by molar-refractivity contribution is 0.284. The molecule has 0 aromatic carbocycles. The number of hydrogen-bond acceptors (Lipinski definition) is 6. The van der Waals surface area contributed by atoms with Crippen LogP contribution in [0.15, 0.2) is 46.2 Å². The van der Waals surface area contributed by atoms with Gasteiger partial charge in [-0.3, -0.25) is 4.99 Å². The molecule has 124 valence electrons. The molecule has 1 aromatic rings. The molecule has 1 aliphatic rings. The Kier molecular flexibility index (Phi) is 6.40. The molecule has 0 spiro atoms. The molecule has 6 heteroatoms. The van der Waals surface area contributed by atoms with Crippen LogP contribution < -0.4 is 5.32 Å². The van der Waals surface area contributed by atoms with E-state index in [0.717, 1.165) is 28.1 Å². The Balaban J connectivity index is 2.30. The maximum atomic E-state index is 5.44. The summed E-state index contributed by atoms with van der Waals surface area (Å²) >= 11 is 1.58. The van der Waals surface area contributed by atoms with E-state index >= 15 is 0 Å². The Morgan fingerprint density at radius 1 is 1.26 bits per heavy atom. The molecule has 0 aliphatic carbocycles. The zero-order valence-electron chi connectivity index (χ0n) is 14.0. The molecule has 0 atom stereocenters. The molecule has 2 rings (SSSR count). The number of allylic oxidation sites excluding steroid dienone is 3. The van der Waals surface area contributed by atoms with Gasteiger partial charge in [0.25, 0.3) is 0 Å². The van der Waals surface area contributed by atoms with Gasteiger partial charge >= 0.3 is 0 Å². The summed E-state index contributed by atoms with van der Waals surface area (Å²) in [6.45, 7) is 4.71. The molecule has 0 saturated carbocycles. The lowest BCUT2D eigenvalue weighted by Crippen LogP contribution is -2.10. The van der Waals surface area contributed by atoms with E-state index in [0.29, 0.717) is 19.0 Å².